The fraction of sp³-hybridized carbons (Fsp3) is 0.571. The molecule has 1 aromatic carbocycles. The molecule has 3 atom stereocenters. The quantitative estimate of drug-likeness (QED) is 0.695. The van der Waals surface area contributed by atoms with Crippen molar-refractivity contribution in [2.24, 2.45) is 11.8 Å². The van der Waals surface area contributed by atoms with Crippen LogP contribution in [0, 0.1) is 11.8 Å². The molecule has 3 unspecified atom stereocenters. The molecule has 146 valence electrons. The third-order valence-electron chi connectivity index (χ3n) is 5.64. The first kappa shape index (κ1) is 19.9. The van der Waals surface area contributed by atoms with Gasteiger partial charge in [0.1, 0.15) is 6.04 Å². The molecule has 6 heteroatoms. The monoisotopic (exact) mass is 388 g/mol. The average Bonchev–Trinajstić information content (AvgIpc) is 2.95. The normalized spacial score (nSPS) is 23.2. The predicted octanol–water partition coefficient (Wildman–Crippen LogP) is 2.64. The standard InChI is InChI=1S/C21H28N2O3S/c1-27-14-12-18(19(24)22-13-11-15-7-3-2-4-8-15)23-20(25)16-9-5-6-10-17(16)21(23)26/h2-4,7-8,16-18H,5-6,9-14H2,1H3,(H,22,24). The van der Waals surface area contributed by atoms with Gasteiger partial charge in [0.15, 0.2) is 0 Å². The van der Waals surface area contributed by atoms with Crippen molar-refractivity contribution >= 4 is 29.5 Å². The van der Waals surface area contributed by atoms with E-state index >= 15 is 0 Å². The molecule has 1 heterocycles. The van der Waals surface area contributed by atoms with Crippen LogP contribution in [0.5, 0.6) is 0 Å². The molecule has 0 bridgehead atoms. The summed E-state index contributed by atoms with van der Waals surface area (Å²) in [4.78, 5) is 39.9. The summed E-state index contributed by atoms with van der Waals surface area (Å²) < 4.78 is 0. The number of carbonyl (C=O) groups excluding carboxylic acids is 3. The second-order valence-corrected chi connectivity index (χ2v) is 8.35. The molecular formula is C21H28N2O3S. The maximum atomic E-state index is 12.9. The van der Waals surface area contributed by atoms with E-state index in [0.717, 1.165) is 43.4 Å². The Bertz CT molecular complexity index is 655. The second-order valence-electron chi connectivity index (χ2n) is 7.37. The number of fused-ring (bicyclic) bond motifs is 1. The third-order valence-corrected chi connectivity index (χ3v) is 6.28. The van der Waals surface area contributed by atoms with E-state index in [1.165, 1.54) is 4.90 Å². The van der Waals surface area contributed by atoms with Crippen LogP contribution in [0.4, 0.5) is 0 Å². The minimum atomic E-state index is -0.682. The van der Waals surface area contributed by atoms with Gasteiger partial charge in [-0.15, -0.1) is 0 Å². The number of rotatable bonds is 8. The number of imide groups is 1. The van der Waals surface area contributed by atoms with E-state index in [9.17, 15) is 14.4 Å². The van der Waals surface area contributed by atoms with Crippen molar-refractivity contribution in [3.8, 4) is 0 Å². The number of hydrogen-bond acceptors (Lipinski definition) is 4. The highest BCUT2D eigenvalue weighted by atomic mass is 32.2. The van der Waals surface area contributed by atoms with Gasteiger partial charge in [0, 0.05) is 6.54 Å². The summed E-state index contributed by atoms with van der Waals surface area (Å²) in [5, 5.41) is 2.95. The summed E-state index contributed by atoms with van der Waals surface area (Å²) in [6.07, 6.45) is 6.74. The van der Waals surface area contributed by atoms with Crippen LogP contribution < -0.4 is 5.32 Å². The molecule has 27 heavy (non-hydrogen) atoms. The first-order valence-electron chi connectivity index (χ1n) is 9.81. The summed E-state index contributed by atoms with van der Waals surface area (Å²) in [7, 11) is 0. The van der Waals surface area contributed by atoms with E-state index in [1.807, 2.05) is 36.6 Å². The van der Waals surface area contributed by atoms with Gasteiger partial charge in [-0.05, 0) is 43.3 Å². The van der Waals surface area contributed by atoms with Gasteiger partial charge in [0.05, 0.1) is 11.8 Å². The number of nitrogens with zero attached hydrogens (tertiary/aromatic N) is 1. The van der Waals surface area contributed by atoms with E-state index in [0.29, 0.717) is 13.0 Å². The van der Waals surface area contributed by atoms with Crippen molar-refractivity contribution in [1.29, 1.82) is 0 Å². The molecule has 2 fully saturated rings. The average molecular weight is 389 g/mol. The Hall–Kier alpha value is -1.82. The molecule has 3 rings (SSSR count). The van der Waals surface area contributed by atoms with E-state index in [4.69, 9.17) is 0 Å². The molecule has 1 aromatic rings. The van der Waals surface area contributed by atoms with Crippen LogP contribution in [0.2, 0.25) is 0 Å². The number of benzene rings is 1. The summed E-state index contributed by atoms with van der Waals surface area (Å²) in [5.74, 6) is -0.146. The van der Waals surface area contributed by atoms with Crippen LogP contribution in [0.1, 0.15) is 37.7 Å². The smallest absolute Gasteiger partial charge is 0.243 e. The molecule has 0 radical (unpaired) electrons. The molecule has 1 saturated carbocycles. The highest BCUT2D eigenvalue weighted by Crippen LogP contribution is 2.39. The molecule has 1 aliphatic heterocycles. The largest absolute Gasteiger partial charge is 0.354 e. The summed E-state index contributed by atoms with van der Waals surface area (Å²) in [6, 6.07) is 9.28. The van der Waals surface area contributed by atoms with Crippen LogP contribution >= 0.6 is 11.8 Å². The van der Waals surface area contributed by atoms with Gasteiger partial charge in [-0.2, -0.15) is 11.8 Å². The van der Waals surface area contributed by atoms with E-state index < -0.39 is 6.04 Å². The van der Waals surface area contributed by atoms with Crippen LogP contribution in [0.15, 0.2) is 30.3 Å². The molecule has 5 nitrogen and oxygen atoms in total. The Labute approximate surface area is 165 Å². The molecular weight excluding hydrogens is 360 g/mol. The first-order valence-corrected chi connectivity index (χ1v) is 11.2. The number of hydrogen-bond donors (Lipinski definition) is 1. The Morgan fingerprint density at radius 2 is 1.78 bits per heavy atom. The lowest BCUT2D eigenvalue weighted by atomic mass is 9.81. The van der Waals surface area contributed by atoms with Crippen molar-refractivity contribution in [1.82, 2.24) is 10.2 Å². The minimum absolute atomic E-state index is 0.131. The number of thioether (sulfide) groups is 1. The van der Waals surface area contributed by atoms with Gasteiger partial charge in [-0.1, -0.05) is 43.2 Å². The molecule has 2 aliphatic rings. The van der Waals surface area contributed by atoms with Gasteiger partial charge in [-0.3, -0.25) is 19.3 Å². The first-order chi connectivity index (χ1) is 13.1. The van der Waals surface area contributed by atoms with E-state index in [-0.39, 0.29) is 29.6 Å². The molecule has 0 spiro atoms. The lowest BCUT2D eigenvalue weighted by molar-refractivity contribution is -0.148. The van der Waals surface area contributed by atoms with E-state index in [1.54, 1.807) is 11.8 Å². The van der Waals surface area contributed by atoms with Crippen LogP contribution in [-0.4, -0.2) is 47.2 Å². The Morgan fingerprint density at radius 3 is 2.37 bits per heavy atom. The Kier molecular flexibility index (Phi) is 6.94. The fourth-order valence-corrected chi connectivity index (χ4v) is 4.65. The Morgan fingerprint density at radius 1 is 1.15 bits per heavy atom. The SMILES string of the molecule is CSCCC(C(=O)NCCc1ccccc1)N1C(=O)C2CCCCC2C1=O. The number of nitrogens with one attached hydrogen (secondary N) is 1. The zero-order valence-corrected chi connectivity index (χ0v) is 16.7. The predicted molar refractivity (Wildman–Crippen MR) is 107 cm³/mol. The topological polar surface area (TPSA) is 66.5 Å². The van der Waals surface area contributed by atoms with E-state index in [2.05, 4.69) is 5.32 Å². The molecule has 1 aliphatic carbocycles. The van der Waals surface area contributed by atoms with Gasteiger partial charge in [-0.25, -0.2) is 0 Å². The van der Waals surface area contributed by atoms with Gasteiger partial charge >= 0.3 is 0 Å². The third kappa shape index (κ3) is 4.54. The highest BCUT2D eigenvalue weighted by Gasteiger charge is 2.51. The summed E-state index contributed by atoms with van der Waals surface area (Å²) in [5.41, 5.74) is 1.15. The van der Waals surface area contributed by atoms with Gasteiger partial charge in [0.25, 0.3) is 0 Å². The fourth-order valence-electron chi connectivity index (χ4n) is 4.19. The van der Waals surface area contributed by atoms with Crippen molar-refractivity contribution < 1.29 is 14.4 Å². The van der Waals surface area contributed by atoms with Gasteiger partial charge in [0.2, 0.25) is 17.7 Å². The number of likely N-dealkylation sites (tertiary alicyclic amines) is 1. The molecule has 0 aromatic heterocycles. The zero-order chi connectivity index (χ0) is 19.2. The van der Waals surface area contributed by atoms with Crippen molar-refractivity contribution in [2.45, 2.75) is 44.6 Å². The van der Waals surface area contributed by atoms with Crippen LogP contribution in [0.3, 0.4) is 0 Å². The summed E-state index contributed by atoms with van der Waals surface area (Å²) in [6.45, 7) is 0.502. The molecule has 1 saturated heterocycles. The lowest BCUT2D eigenvalue weighted by Gasteiger charge is -2.26. The number of carbonyl (C=O) groups is 3. The summed E-state index contributed by atoms with van der Waals surface area (Å²) >= 11 is 1.63. The maximum absolute atomic E-state index is 12.9. The molecule has 1 N–H and O–H groups in total. The van der Waals surface area contributed by atoms with Crippen molar-refractivity contribution in [2.75, 3.05) is 18.6 Å². The van der Waals surface area contributed by atoms with Crippen LogP contribution in [0.25, 0.3) is 0 Å². The van der Waals surface area contributed by atoms with Crippen LogP contribution in [-0.2, 0) is 20.8 Å². The van der Waals surface area contributed by atoms with Crippen molar-refractivity contribution in [3.05, 3.63) is 35.9 Å². The second kappa shape index (κ2) is 9.40. The van der Waals surface area contributed by atoms with Crippen molar-refractivity contribution in [3.63, 3.8) is 0 Å². The maximum Gasteiger partial charge on any atom is 0.243 e. The zero-order valence-electron chi connectivity index (χ0n) is 15.9. The minimum Gasteiger partial charge on any atom is -0.354 e. The highest BCUT2D eigenvalue weighted by molar-refractivity contribution is 7.98. The number of amides is 3. The Balaban J connectivity index is 1.66. The van der Waals surface area contributed by atoms with Gasteiger partial charge < -0.3 is 5.32 Å². The molecule has 3 amide bonds. The lowest BCUT2D eigenvalue weighted by Crippen LogP contribution is -2.50.